The van der Waals surface area contributed by atoms with Gasteiger partial charge >= 0.3 is 0 Å². The fourth-order valence-corrected chi connectivity index (χ4v) is 0.404. The van der Waals surface area contributed by atoms with Crippen molar-refractivity contribution < 1.29 is 0 Å². The molecule has 0 amide bonds. The number of allylic oxidation sites excluding steroid dienone is 2. The number of hydrogen-bond acceptors (Lipinski definition) is 1. The quantitative estimate of drug-likeness (QED) is 0.494. The first-order valence-corrected chi connectivity index (χ1v) is 2.25. The highest BCUT2D eigenvalue weighted by Crippen LogP contribution is 2.01. The molecule has 37 valence electrons. The molecule has 7 heavy (non-hydrogen) atoms. The summed E-state index contributed by atoms with van der Waals surface area (Å²) in [5.74, 6) is 0. The minimum atomic E-state index is 0.676. The molecule has 1 aliphatic rings. The van der Waals surface area contributed by atoms with Gasteiger partial charge in [-0.25, -0.2) is 0 Å². The van der Waals surface area contributed by atoms with Crippen molar-refractivity contribution in [2.75, 3.05) is 0 Å². The largest absolute Gasteiger partial charge is 0.284 e. The molecule has 0 aromatic carbocycles. The molecule has 0 aromatic rings. The molecule has 2 nitrogen and oxygen atoms in total. The van der Waals surface area contributed by atoms with E-state index in [1.165, 1.54) is 0 Å². The van der Waals surface area contributed by atoms with Gasteiger partial charge in [0.1, 0.15) is 0 Å². The first kappa shape index (κ1) is 4.53. The molecule has 1 aliphatic heterocycles. The maximum absolute atomic E-state index is 5.47. The van der Waals surface area contributed by atoms with Crippen LogP contribution in [0.2, 0.25) is 0 Å². The van der Waals surface area contributed by atoms with Gasteiger partial charge < -0.3 is 0 Å². The van der Waals surface area contributed by atoms with E-state index in [-0.39, 0.29) is 0 Å². The first-order valence-electron chi connectivity index (χ1n) is 1.87. The summed E-state index contributed by atoms with van der Waals surface area (Å²) >= 11 is 5.47. The number of hydrogen-bond donors (Lipinski definition) is 1. The van der Waals surface area contributed by atoms with E-state index in [4.69, 9.17) is 11.6 Å². The van der Waals surface area contributed by atoms with Crippen LogP contribution in [0.4, 0.5) is 0 Å². The van der Waals surface area contributed by atoms with Gasteiger partial charge in [-0.15, -0.1) is 0 Å². The van der Waals surface area contributed by atoms with Crippen LogP contribution in [0, 0.1) is 0 Å². The third-order valence-corrected chi connectivity index (χ3v) is 0.820. The third kappa shape index (κ3) is 1.12. The zero-order valence-electron chi connectivity index (χ0n) is 3.56. The van der Waals surface area contributed by atoms with E-state index >= 15 is 0 Å². The second kappa shape index (κ2) is 1.89. The van der Waals surface area contributed by atoms with Crippen molar-refractivity contribution in [1.82, 2.24) is 10.9 Å². The van der Waals surface area contributed by atoms with E-state index in [1.807, 2.05) is 0 Å². The SMILES string of the molecule is ClC1=CN[N]C=C1. The van der Waals surface area contributed by atoms with Crippen LogP contribution in [0.1, 0.15) is 0 Å². The number of nitrogens with zero attached hydrogens (tertiary/aromatic N) is 1. The van der Waals surface area contributed by atoms with Crippen LogP contribution >= 0.6 is 11.6 Å². The average molecular weight is 116 g/mol. The first-order chi connectivity index (χ1) is 3.39. The molecule has 1 radical (unpaired) electrons. The Morgan fingerprint density at radius 3 is 2.86 bits per heavy atom. The Kier molecular flexibility index (Phi) is 1.22. The van der Waals surface area contributed by atoms with Crippen molar-refractivity contribution in [3.63, 3.8) is 0 Å². The van der Waals surface area contributed by atoms with Gasteiger partial charge in [0.05, 0.1) is 5.03 Å². The minimum Gasteiger partial charge on any atom is -0.284 e. The van der Waals surface area contributed by atoms with Crippen molar-refractivity contribution >= 4 is 11.6 Å². The molecular formula is C4H4ClN2. The van der Waals surface area contributed by atoms with E-state index in [0.717, 1.165) is 0 Å². The predicted octanol–water partition coefficient (Wildman–Crippen LogP) is 0.703. The van der Waals surface area contributed by atoms with E-state index < -0.39 is 0 Å². The van der Waals surface area contributed by atoms with Crippen molar-refractivity contribution in [1.29, 1.82) is 0 Å². The Hall–Kier alpha value is -0.630. The number of halogens is 1. The summed E-state index contributed by atoms with van der Waals surface area (Å²) in [7, 11) is 0. The van der Waals surface area contributed by atoms with Crippen molar-refractivity contribution in [3.05, 3.63) is 23.5 Å². The van der Waals surface area contributed by atoms with Gasteiger partial charge in [-0.05, 0) is 6.08 Å². The molecule has 0 aromatic heterocycles. The van der Waals surface area contributed by atoms with Gasteiger partial charge in [0, 0.05) is 12.4 Å². The molecule has 3 heteroatoms. The fraction of sp³-hybridized carbons (Fsp3) is 0. The summed E-state index contributed by atoms with van der Waals surface area (Å²) in [5, 5.41) is 0.676. The molecule has 0 saturated carbocycles. The van der Waals surface area contributed by atoms with Gasteiger partial charge in [-0.2, -0.15) is 5.43 Å². The van der Waals surface area contributed by atoms with Gasteiger partial charge in [-0.3, -0.25) is 5.43 Å². The molecule has 0 bridgehead atoms. The van der Waals surface area contributed by atoms with Crippen LogP contribution < -0.4 is 10.9 Å². The Morgan fingerprint density at radius 1 is 1.71 bits per heavy atom. The smallest absolute Gasteiger partial charge is 0.0598 e. The molecular weight excluding hydrogens is 112 g/mol. The van der Waals surface area contributed by atoms with Crippen LogP contribution in [0.3, 0.4) is 0 Å². The van der Waals surface area contributed by atoms with Crippen LogP contribution in [-0.4, -0.2) is 0 Å². The zero-order chi connectivity index (χ0) is 5.11. The Balaban J connectivity index is 2.58. The molecule has 0 fully saturated rings. The predicted molar refractivity (Wildman–Crippen MR) is 28.3 cm³/mol. The van der Waals surface area contributed by atoms with Crippen LogP contribution in [0.5, 0.6) is 0 Å². The number of rotatable bonds is 0. The van der Waals surface area contributed by atoms with E-state index in [2.05, 4.69) is 10.9 Å². The molecule has 0 saturated heterocycles. The molecule has 1 heterocycles. The lowest BCUT2D eigenvalue weighted by Gasteiger charge is -1.98. The molecule has 1 rings (SSSR count). The highest BCUT2D eigenvalue weighted by molar-refractivity contribution is 6.31. The highest BCUT2D eigenvalue weighted by atomic mass is 35.5. The molecule has 1 N–H and O–H groups in total. The standard InChI is InChI=1S/C4H4ClN2/c5-4-1-2-6-7-3-4/h1-3,7H. The summed E-state index contributed by atoms with van der Waals surface area (Å²) in [6.45, 7) is 0. The second-order valence-electron chi connectivity index (χ2n) is 1.10. The highest BCUT2D eigenvalue weighted by Gasteiger charge is 1.87. The summed E-state index contributed by atoms with van der Waals surface area (Å²) in [6, 6.07) is 0. The molecule has 0 spiro atoms. The zero-order valence-corrected chi connectivity index (χ0v) is 4.31. The van der Waals surface area contributed by atoms with Gasteiger partial charge in [-0.1, -0.05) is 11.6 Å². The minimum absolute atomic E-state index is 0.676. The fourth-order valence-electron chi connectivity index (χ4n) is 0.299. The lowest BCUT2D eigenvalue weighted by atomic mass is 10.5. The molecule has 0 unspecified atom stereocenters. The van der Waals surface area contributed by atoms with Gasteiger partial charge in [0.15, 0.2) is 0 Å². The van der Waals surface area contributed by atoms with Gasteiger partial charge in [0.25, 0.3) is 0 Å². The van der Waals surface area contributed by atoms with Crippen molar-refractivity contribution in [3.8, 4) is 0 Å². The molecule has 0 aliphatic carbocycles. The Morgan fingerprint density at radius 2 is 2.57 bits per heavy atom. The van der Waals surface area contributed by atoms with Gasteiger partial charge in [0.2, 0.25) is 0 Å². The average Bonchev–Trinajstić information content (AvgIpc) is 1.69. The summed E-state index contributed by atoms with van der Waals surface area (Å²) in [5.41, 5.74) is 6.21. The summed E-state index contributed by atoms with van der Waals surface area (Å²) in [6.07, 6.45) is 4.92. The van der Waals surface area contributed by atoms with E-state index in [9.17, 15) is 0 Å². The normalized spacial score (nSPS) is 17.0. The van der Waals surface area contributed by atoms with E-state index in [1.54, 1.807) is 18.5 Å². The molecule has 0 atom stereocenters. The summed E-state index contributed by atoms with van der Waals surface area (Å²) in [4.78, 5) is 0. The van der Waals surface area contributed by atoms with Crippen LogP contribution in [-0.2, 0) is 0 Å². The van der Waals surface area contributed by atoms with E-state index in [0.29, 0.717) is 5.03 Å². The third-order valence-electron chi connectivity index (χ3n) is 0.585. The monoisotopic (exact) mass is 115 g/mol. The maximum Gasteiger partial charge on any atom is 0.0598 e. The lowest BCUT2D eigenvalue weighted by molar-refractivity contribution is 0.748. The van der Waals surface area contributed by atoms with Crippen LogP contribution in [0.15, 0.2) is 23.5 Å². The van der Waals surface area contributed by atoms with Crippen molar-refractivity contribution in [2.24, 2.45) is 0 Å². The number of nitrogens with one attached hydrogen (secondary N) is 1. The Labute approximate surface area is 46.8 Å². The van der Waals surface area contributed by atoms with Crippen molar-refractivity contribution in [2.45, 2.75) is 0 Å². The van der Waals surface area contributed by atoms with Crippen LogP contribution in [0.25, 0.3) is 0 Å². The summed E-state index contributed by atoms with van der Waals surface area (Å²) < 4.78 is 0. The lowest BCUT2D eigenvalue weighted by Crippen LogP contribution is -2.14. The topological polar surface area (TPSA) is 26.1 Å². The maximum atomic E-state index is 5.47. The second-order valence-corrected chi connectivity index (χ2v) is 1.54. The Bertz CT molecular complexity index is 117.